The van der Waals surface area contributed by atoms with Crippen molar-refractivity contribution in [2.45, 2.75) is 0 Å². The monoisotopic (exact) mass is 269 g/mol. The maximum Gasteiger partial charge on any atom is 0.0471 e. The lowest BCUT2D eigenvalue weighted by atomic mass is 10.0. The molecule has 4 rings (SSSR count). The second kappa shape index (κ2) is 4.35. The van der Waals surface area contributed by atoms with Crippen molar-refractivity contribution in [2.75, 3.05) is 0 Å². The van der Waals surface area contributed by atoms with Crippen LogP contribution in [0.15, 0.2) is 73.8 Å². The van der Waals surface area contributed by atoms with E-state index in [0.717, 1.165) is 16.7 Å². The van der Waals surface area contributed by atoms with Gasteiger partial charge in [-0.25, -0.2) is 0 Å². The molecule has 3 aromatic carbocycles. The lowest BCUT2D eigenvalue weighted by Crippen LogP contribution is -1.79. The number of aromatic amines is 1. The smallest absolute Gasteiger partial charge is 0.0471 e. The molecule has 0 bridgehead atoms. The minimum atomic E-state index is 0.950. The Balaban J connectivity index is 2.19. The van der Waals surface area contributed by atoms with Crippen LogP contribution in [0.1, 0.15) is 5.56 Å². The van der Waals surface area contributed by atoms with Crippen LogP contribution >= 0.6 is 0 Å². The average molecular weight is 269 g/mol. The van der Waals surface area contributed by atoms with E-state index in [1.54, 1.807) is 6.08 Å². The lowest BCUT2D eigenvalue weighted by Gasteiger charge is -2.02. The molecular formula is C20H15N. The standard InChI is InChI=1S/C20H15N/c1-3-13(2)15-9-10-18-17(12-15)20-16-7-5-4-6-14(16)8-11-19(20)21-18/h3-12,21H,1-2H2. The summed E-state index contributed by atoms with van der Waals surface area (Å²) < 4.78 is 0. The molecule has 0 amide bonds. The summed E-state index contributed by atoms with van der Waals surface area (Å²) >= 11 is 0. The molecule has 0 saturated heterocycles. The third-order valence-corrected chi connectivity index (χ3v) is 4.10. The van der Waals surface area contributed by atoms with Crippen LogP contribution in [0.2, 0.25) is 0 Å². The summed E-state index contributed by atoms with van der Waals surface area (Å²) in [5, 5.41) is 5.06. The van der Waals surface area contributed by atoms with E-state index in [2.05, 4.69) is 72.7 Å². The Kier molecular flexibility index (Phi) is 2.48. The molecule has 0 radical (unpaired) electrons. The fourth-order valence-corrected chi connectivity index (χ4v) is 2.99. The van der Waals surface area contributed by atoms with E-state index in [4.69, 9.17) is 0 Å². The number of benzene rings is 3. The molecule has 0 saturated carbocycles. The number of hydrogen-bond acceptors (Lipinski definition) is 0. The molecule has 0 aliphatic rings. The van der Waals surface area contributed by atoms with Crippen LogP contribution in [-0.2, 0) is 0 Å². The van der Waals surface area contributed by atoms with E-state index < -0.39 is 0 Å². The highest BCUT2D eigenvalue weighted by Crippen LogP contribution is 2.33. The summed E-state index contributed by atoms with van der Waals surface area (Å²) in [7, 11) is 0. The van der Waals surface area contributed by atoms with Crippen molar-refractivity contribution >= 4 is 38.2 Å². The molecule has 4 aromatic rings. The van der Waals surface area contributed by atoms with Crippen molar-refractivity contribution in [3.63, 3.8) is 0 Å². The van der Waals surface area contributed by atoms with Crippen molar-refractivity contribution in [3.8, 4) is 0 Å². The zero-order valence-electron chi connectivity index (χ0n) is 11.7. The zero-order chi connectivity index (χ0) is 14.4. The van der Waals surface area contributed by atoms with Gasteiger partial charge in [-0.1, -0.05) is 55.6 Å². The molecule has 1 nitrogen and oxygen atoms in total. The Hall–Kier alpha value is -2.80. The second-order valence-electron chi connectivity index (χ2n) is 5.32. The normalized spacial score (nSPS) is 11.2. The van der Waals surface area contributed by atoms with E-state index in [1.165, 1.54) is 27.1 Å². The Morgan fingerprint density at radius 3 is 2.57 bits per heavy atom. The molecular weight excluding hydrogens is 254 g/mol. The SMILES string of the molecule is C=CC(=C)c1ccc2[nH]c3ccc4ccccc4c3c2c1. The quantitative estimate of drug-likeness (QED) is 0.451. The molecule has 0 atom stereocenters. The van der Waals surface area contributed by atoms with Gasteiger partial charge in [0.1, 0.15) is 0 Å². The molecule has 0 spiro atoms. The molecule has 100 valence electrons. The van der Waals surface area contributed by atoms with Gasteiger partial charge in [0.2, 0.25) is 0 Å². The van der Waals surface area contributed by atoms with Crippen molar-refractivity contribution in [3.05, 3.63) is 79.4 Å². The van der Waals surface area contributed by atoms with Crippen LogP contribution in [0, 0.1) is 0 Å². The first-order valence-corrected chi connectivity index (χ1v) is 7.03. The van der Waals surface area contributed by atoms with Gasteiger partial charge in [0.25, 0.3) is 0 Å². The molecule has 1 N–H and O–H groups in total. The summed E-state index contributed by atoms with van der Waals surface area (Å²) in [6, 6.07) is 19.2. The fraction of sp³-hybridized carbons (Fsp3) is 0. The summed E-state index contributed by atoms with van der Waals surface area (Å²) in [4.78, 5) is 3.50. The van der Waals surface area contributed by atoms with Gasteiger partial charge < -0.3 is 4.98 Å². The van der Waals surface area contributed by atoms with Crippen LogP contribution in [0.4, 0.5) is 0 Å². The van der Waals surface area contributed by atoms with E-state index in [9.17, 15) is 0 Å². The minimum Gasteiger partial charge on any atom is -0.354 e. The van der Waals surface area contributed by atoms with Crippen LogP contribution in [0.5, 0.6) is 0 Å². The molecule has 0 aliphatic carbocycles. The molecule has 21 heavy (non-hydrogen) atoms. The number of nitrogens with one attached hydrogen (secondary N) is 1. The van der Waals surface area contributed by atoms with Gasteiger partial charge >= 0.3 is 0 Å². The first kappa shape index (κ1) is 12.0. The van der Waals surface area contributed by atoms with E-state index in [0.29, 0.717) is 0 Å². The predicted molar refractivity (Wildman–Crippen MR) is 92.5 cm³/mol. The van der Waals surface area contributed by atoms with Crippen molar-refractivity contribution in [1.29, 1.82) is 0 Å². The van der Waals surface area contributed by atoms with Crippen molar-refractivity contribution < 1.29 is 0 Å². The number of aromatic nitrogens is 1. The minimum absolute atomic E-state index is 0.950. The highest BCUT2D eigenvalue weighted by Gasteiger charge is 2.08. The summed E-state index contributed by atoms with van der Waals surface area (Å²) in [5.74, 6) is 0. The third-order valence-electron chi connectivity index (χ3n) is 4.10. The predicted octanol–water partition coefficient (Wildman–Crippen LogP) is 5.67. The molecule has 1 aromatic heterocycles. The molecule has 1 heterocycles. The number of hydrogen-bond donors (Lipinski definition) is 1. The van der Waals surface area contributed by atoms with Crippen LogP contribution in [0.3, 0.4) is 0 Å². The highest BCUT2D eigenvalue weighted by atomic mass is 14.7. The fourth-order valence-electron chi connectivity index (χ4n) is 2.99. The summed E-state index contributed by atoms with van der Waals surface area (Å²) in [5.41, 5.74) is 4.39. The highest BCUT2D eigenvalue weighted by molar-refractivity contribution is 6.20. The molecule has 0 unspecified atom stereocenters. The first-order valence-electron chi connectivity index (χ1n) is 7.03. The van der Waals surface area contributed by atoms with Gasteiger partial charge in [0, 0.05) is 21.8 Å². The van der Waals surface area contributed by atoms with Crippen molar-refractivity contribution in [2.24, 2.45) is 0 Å². The maximum absolute atomic E-state index is 4.05. The largest absolute Gasteiger partial charge is 0.354 e. The number of allylic oxidation sites excluding steroid dienone is 2. The lowest BCUT2D eigenvalue weighted by molar-refractivity contribution is 1.54. The average Bonchev–Trinajstić information content (AvgIpc) is 2.92. The maximum atomic E-state index is 4.05. The first-order chi connectivity index (χ1) is 10.3. The number of rotatable bonds is 2. The molecule has 0 fully saturated rings. The van der Waals surface area contributed by atoms with E-state index in [1.807, 2.05) is 0 Å². The van der Waals surface area contributed by atoms with Crippen LogP contribution in [-0.4, -0.2) is 4.98 Å². The van der Waals surface area contributed by atoms with Gasteiger partial charge in [-0.2, -0.15) is 0 Å². The Morgan fingerprint density at radius 2 is 1.71 bits per heavy atom. The van der Waals surface area contributed by atoms with Gasteiger partial charge in [-0.15, -0.1) is 0 Å². The van der Waals surface area contributed by atoms with Gasteiger partial charge in [-0.05, 0) is 40.1 Å². The Labute approximate surface area is 123 Å². The zero-order valence-corrected chi connectivity index (χ0v) is 11.7. The van der Waals surface area contributed by atoms with E-state index >= 15 is 0 Å². The summed E-state index contributed by atoms with van der Waals surface area (Å²) in [6.07, 6.45) is 1.80. The van der Waals surface area contributed by atoms with Crippen LogP contribution < -0.4 is 0 Å². The van der Waals surface area contributed by atoms with Gasteiger partial charge in [0.15, 0.2) is 0 Å². The second-order valence-corrected chi connectivity index (χ2v) is 5.32. The third kappa shape index (κ3) is 1.71. The number of H-pyrrole nitrogens is 1. The van der Waals surface area contributed by atoms with Crippen molar-refractivity contribution in [1.82, 2.24) is 4.98 Å². The Morgan fingerprint density at radius 1 is 0.905 bits per heavy atom. The topological polar surface area (TPSA) is 15.8 Å². The number of fused-ring (bicyclic) bond motifs is 5. The van der Waals surface area contributed by atoms with Gasteiger partial charge in [0.05, 0.1) is 0 Å². The summed E-state index contributed by atoms with van der Waals surface area (Å²) in [6.45, 7) is 7.86. The molecule has 0 aliphatic heterocycles. The molecule has 1 heteroatoms. The Bertz CT molecular complexity index is 1020. The van der Waals surface area contributed by atoms with E-state index in [-0.39, 0.29) is 0 Å². The van der Waals surface area contributed by atoms with Crippen LogP contribution in [0.25, 0.3) is 38.2 Å². The van der Waals surface area contributed by atoms with Gasteiger partial charge in [-0.3, -0.25) is 0 Å².